The van der Waals surface area contributed by atoms with Gasteiger partial charge >= 0.3 is 5.69 Å². The smallest absolute Gasteiger partial charge is 0.335 e. The quantitative estimate of drug-likeness (QED) is 0.341. The van der Waals surface area contributed by atoms with Crippen molar-refractivity contribution in [3.05, 3.63) is 76.2 Å². The fraction of sp³-hybridized carbons (Fsp3) is 0.333. The molecule has 2 heterocycles. The van der Waals surface area contributed by atoms with Crippen molar-refractivity contribution in [3.8, 4) is 11.4 Å². The van der Waals surface area contributed by atoms with Gasteiger partial charge in [0.15, 0.2) is 11.5 Å². The first-order valence-electron chi connectivity index (χ1n) is 12.5. The number of ether oxygens (including phenoxy) is 1. The lowest BCUT2D eigenvalue weighted by Crippen LogP contribution is -2.30. The summed E-state index contributed by atoms with van der Waals surface area (Å²) in [4.78, 5) is 34.8. The molecule has 0 atom stereocenters. The predicted molar refractivity (Wildman–Crippen MR) is 140 cm³/mol. The van der Waals surface area contributed by atoms with Gasteiger partial charge in [0, 0.05) is 19.2 Å². The lowest BCUT2D eigenvalue weighted by atomic mass is 9.86. The number of nitrogens with zero attached hydrogens (tertiary/aromatic N) is 4. The molecule has 0 bridgehead atoms. The van der Waals surface area contributed by atoms with E-state index in [1.807, 2.05) is 0 Å². The molecule has 0 aliphatic heterocycles. The highest BCUT2D eigenvalue weighted by Gasteiger charge is 2.28. The van der Waals surface area contributed by atoms with E-state index in [4.69, 9.17) is 10.5 Å². The van der Waals surface area contributed by atoms with Crippen LogP contribution in [0.2, 0.25) is 0 Å². The highest BCUT2D eigenvalue weighted by molar-refractivity contribution is 5.96. The maximum atomic E-state index is 13.7. The third-order valence-corrected chi connectivity index (χ3v) is 7.17. The van der Waals surface area contributed by atoms with E-state index in [2.05, 4.69) is 15.3 Å². The fourth-order valence-corrected chi connectivity index (χ4v) is 5.12. The second-order valence-corrected chi connectivity index (χ2v) is 9.47. The Bertz CT molecular complexity index is 1520. The van der Waals surface area contributed by atoms with Crippen LogP contribution in [0.5, 0.6) is 5.75 Å². The monoisotopic (exact) mass is 520 g/mol. The van der Waals surface area contributed by atoms with Crippen LogP contribution in [0.1, 0.15) is 47.6 Å². The van der Waals surface area contributed by atoms with Gasteiger partial charge in [0.1, 0.15) is 23.4 Å². The van der Waals surface area contributed by atoms with Crippen molar-refractivity contribution < 1.29 is 19.0 Å². The molecule has 1 amide bonds. The Morgan fingerprint density at radius 1 is 1.16 bits per heavy atom. The van der Waals surface area contributed by atoms with Crippen molar-refractivity contribution in [3.63, 3.8) is 0 Å². The zero-order chi connectivity index (χ0) is 26.8. The molecule has 1 aliphatic carbocycles. The van der Waals surface area contributed by atoms with Gasteiger partial charge in [0.05, 0.1) is 18.4 Å². The molecule has 2 aromatic carbocycles. The van der Waals surface area contributed by atoms with E-state index in [0.29, 0.717) is 16.9 Å². The fourth-order valence-electron chi connectivity index (χ4n) is 5.12. The zero-order valence-corrected chi connectivity index (χ0v) is 20.9. The van der Waals surface area contributed by atoms with E-state index in [9.17, 15) is 19.1 Å². The van der Waals surface area contributed by atoms with Gasteiger partial charge in [0.25, 0.3) is 5.91 Å². The second-order valence-electron chi connectivity index (χ2n) is 9.47. The average molecular weight is 521 g/mol. The number of nitrogens with one attached hydrogen (secondary N) is 1. The van der Waals surface area contributed by atoms with Gasteiger partial charge in [-0.15, -0.1) is 0 Å². The maximum Gasteiger partial charge on any atom is 0.335 e. The minimum Gasteiger partial charge on any atom is -0.496 e. The lowest BCUT2D eigenvalue weighted by Gasteiger charge is -2.27. The summed E-state index contributed by atoms with van der Waals surface area (Å²) in [5.74, 6) is -0.264. The van der Waals surface area contributed by atoms with Crippen LogP contribution >= 0.6 is 0 Å². The number of benzene rings is 2. The van der Waals surface area contributed by atoms with Crippen molar-refractivity contribution in [2.24, 2.45) is 5.92 Å². The summed E-state index contributed by atoms with van der Waals surface area (Å²) < 4.78 is 22.0. The molecule has 0 spiro atoms. The normalized spacial score (nSPS) is 17.4. The van der Waals surface area contributed by atoms with E-state index < -0.39 is 11.7 Å². The van der Waals surface area contributed by atoms with Crippen LogP contribution in [0.4, 0.5) is 10.2 Å². The van der Waals surface area contributed by atoms with Crippen LogP contribution in [0.15, 0.2) is 53.6 Å². The van der Waals surface area contributed by atoms with Gasteiger partial charge in [-0.05, 0) is 67.5 Å². The predicted octanol–water partition coefficient (Wildman–Crippen LogP) is 2.97. The highest BCUT2D eigenvalue weighted by atomic mass is 19.1. The van der Waals surface area contributed by atoms with Crippen LogP contribution in [0.3, 0.4) is 0 Å². The number of aromatic nitrogens is 4. The number of nitrogens with two attached hydrogens (primary N) is 1. The summed E-state index contributed by atoms with van der Waals surface area (Å²) >= 11 is 0. The molecule has 0 unspecified atom stereocenters. The van der Waals surface area contributed by atoms with E-state index in [0.717, 1.165) is 37.3 Å². The van der Waals surface area contributed by atoms with Crippen LogP contribution in [0, 0.1) is 11.7 Å². The molecular weight excluding hydrogens is 491 g/mol. The molecule has 0 radical (unpaired) electrons. The number of carbonyl (C=O) groups excluding carboxylic acids is 1. The van der Waals surface area contributed by atoms with Gasteiger partial charge in [-0.3, -0.25) is 13.9 Å². The number of aliphatic hydroxyl groups is 1. The maximum absolute atomic E-state index is 13.7. The van der Waals surface area contributed by atoms with Gasteiger partial charge < -0.3 is 20.9 Å². The molecule has 1 saturated carbocycles. The Hall–Kier alpha value is -4.25. The number of anilines is 1. The van der Waals surface area contributed by atoms with Gasteiger partial charge in [-0.1, -0.05) is 12.1 Å². The average Bonchev–Trinajstić information content (AvgIpc) is 3.24. The van der Waals surface area contributed by atoms with Crippen molar-refractivity contribution in [2.75, 3.05) is 19.5 Å². The lowest BCUT2D eigenvalue weighted by molar-refractivity contribution is 0.0947. The van der Waals surface area contributed by atoms with Crippen molar-refractivity contribution in [1.82, 2.24) is 24.4 Å². The zero-order valence-electron chi connectivity index (χ0n) is 20.9. The molecule has 0 saturated heterocycles. The van der Waals surface area contributed by atoms with E-state index in [1.165, 1.54) is 30.1 Å². The molecule has 198 valence electrons. The highest BCUT2D eigenvalue weighted by Crippen LogP contribution is 2.33. The van der Waals surface area contributed by atoms with Crippen LogP contribution in [-0.2, 0) is 6.54 Å². The topological polar surface area (TPSA) is 137 Å². The number of amides is 1. The van der Waals surface area contributed by atoms with Crippen LogP contribution in [0.25, 0.3) is 16.9 Å². The number of hydrogen-bond donors (Lipinski definition) is 3. The third kappa shape index (κ3) is 4.72. The van der Waals surface area contributed by atoms with Crippen molar-refractivity contribution in [2.45, 2.75) is 38.3 Å². The summed E-state index contributed by atoms with van der Waals surface area (Å²) in [6, 6.07) is 10.8. The van der Waals surface area contributed by atoms with E-state index in [1.54, 1.807) is 28.8 Å². The van der Waals surface area contributed by atoms with Gasteiger partial charge in [0.2, 0.25) is 0 Å². The summed E-state index contributed by atoms with van der Waals surface area (Å²) in [5, 5.41) is 12.3. The van der Waals surface area contributed by atoms with E-state index >= 15 is 0 Å². The molecular formula is C27H29FN6O4. The number of rotatable bonds is 7. The van der Waals surface area contributed by atoms with Crippen molar-refractivity contribution >= 4 is 22.9 Å². The minimum absolute atomic E-state index is 0.0438. The molecule has 38 heavy (non-hydrogen) atoms. The first-order chi connectivity index (χ1) is 18.4. The van der Waals surface area contributed by atoms with Gasteiger partial charge in [-0.2, -0.15) is 0 Å². The number of methoxy groups -OCH3 is 1. The largest absolute Gasteiger partial charge is 0.496 e. The van der Waals surface area contributed by atoms with Gasteiger partial charge in [-0.25, -0.2) is 19.2 Å². The molecule has 2 aromatic heterocycles. The van der Waals surface area contributed by atoms with Crippen molar-refractivity contribution in [1.29, 1.82) is 0 Å². The minimum atomic E-state index is -0.533. The number of halogens is 1. The standard InChI is InChI=1S/C27H29FN6O4/c1-38-22-11-6-18(28)12-21(22)26(36)30-13-16-2-7-19(8-3-16)33-23-24(29)31-15-32-25(23)34(27(33)37)20-9-4-17(14-35)5-10-20/h2-3,6-8,11-12,15,17,20,35H,4-5,9-10,13-14H2,1H3,(H,30,36)(H2,29,31,32)/t17-,20-. The number of hydrogen-bond acceptors (Lipinski definition) is 7. The molecule has 11 heteroatoms. The molecule has 10 nitrogen and oxygen atoms in total. The summed E-state index contributed by atoms with van der Waals surface area (Å²) in [6.45, 7) is 0.343. The third-order valence-electron chi connectivity index (χ3n) is 7.17. The Labute approximate surface area is 217 Å². The Kier molecular flexibility index (Phi) is 7.10. The summed E-state index contributed by atoms with van der Waals surface area (Å²) in [5.41, 5.74) is 8.36. The number of imidazole rings is 1. The van der Waals surface area contributed by atoms with Crippen LogP contribution in [-0.4, -0.2) is 43.8 Å². The number of fused-ring (bicyclic) bond motifs is 1. The number of aliphatic hydroxyl groups excluding tert-OH is 1. The summed E-state index contributed by atoms with van der Waals surface area (Å²) in [6.07, 6.45) is 4.56. The molecule has 4 N–H and O–H groups in total. The second kappa shape index (κ2) is 10.6. The summed E-state index contributed by atoms with van der Waals surface area (Å²) in [7, 11) is 1.42. The Morgan fingerprint density at radius 2 is 1.89 bits per heavy atom. The molecule has 1 aliphatic rings. The number of nitrogen functional groups attached to an aromatic ring is 1. The van der Waals surface area contributed by atoms with E-state index in [-0.39, 0.29) is 47.9 Å². The number of carbonyl (C=O) groups is 1. The first-order valence-corrected chi connectivity index (χ1v) is 12.5. The molecule has 5 rings (SSSR count). The van der Waals surface area contributed by atoms with Crippen LogP contribution < -0.4 is 21.5 Å². The Balaban J connectivity index is 1.41. The molecule has 4 aromatic rings. The SMILES string of the molecule is COc1ccc(F)cc1C(=O)NCc1ccc(-n2c(=O)n([C@H]3CC[C@H](CO)CC3)c3ncnc(N)c32)cc1. The Morgan fingerprint density at radius 3 is 2.58 bits per heavy atom. The molecule has 1 fully saturated rings. The first kappa shape index (κ1) is 25.4.